The first kappa shape index (κ1) is 17.0. The number of ether oxygens (including phenoxy) is 1. The Morgan fingerprint density at radius 1 is 1.29 bits per heavy atom. The van der Waals surface area contributed by atoms with E-state index in [0.29, 0.717) is 17.6 Å². The molecule has 2 rings (SSSR count). The lowest BCUT2D eigenvalue weighted by Gasteiger charge is -2.38. The lowest BCUT2D eigenvalue weighted by atomic mass is 9.79. The van der Waals surface area contributed by atoms with Gasteiger partial charge in [0.1, 0.15) is 5.78 Å². The summed E-state index contributed by atoms with van der Waals surface area (Å²) in [6, 6.07) is 0. The highest BCUT2D eigenvalue weighted by molar-refractivity contribution is 5.81. The predicted octanol–water partition coefficient (Wildman–Crippen LogP) is 3.70. The first-order valence-electron chi connectivity index (χ1n) is 8.93. The van der Waals surface area contributed by atoms with Crippen molar-refractivity contribution in [3.63, 3.8) is 0 Å². The minimum absolute atomic E-state index is 0.0628. The standard InChI is InChI=1S/C18H33NO2/c1-14(2)15(7-11-19)5-6-17(20)16-8-12-21-18(13-16)9-3-4-10-18/h14-16H,3-13,19H2,1-2H3. The number of hydrogen-bond donors (Lipinski definition) is 1. The van der Waals surface area contributed by atoms with Crippen LogP contribution in [0.3, 0.4) is 0 Å². The van der Waals surface area contributed by atoms with E-state index in [1.165, 1.54) is 25.7 Å². The third kappa shape index (κ3) is 4.53. The van der Waals surface area contributed by atoms with Gasteiger partial charge in [0.15, 0.2) is 0 Å². The summed E-state index contributed by atoms with van der Waals surface area (Å²) in [6.07, 6.45) is 9.58. The van der Waals surface area contributed by atoms with Gasteiger partial charge in [-0.05, 0) is 56.9 Å². The van der Waals surface area contributed by atoms with Crippen LogP contribution in [0.1, 0.15) is 71.6 Å². The predicted molar refractivity (Wildman–Crippen MR) is 86.1 cm³/mol. The number of rotatable bonds is 7. The van der Waals surface area contributed by atoms with Crippen molar-refractivity contribution in [1.29, 1.82) is 0 Å². The lowest BCUT2D eigenvalue weighted by Crippen LogP contribution is -2.39. The van der Waals surface area contributed by atoms with Gasteiger partial charge < -0.3 is 10.5 Å². The Hall–Kier alpha value is -0.410. The number of hydrogen-bond acceptors (Lipinski definition) is 3. The molecule has 122 valence electrons. The SMILES string of the molecule is CC(C)C(CCN)CCC(=O)C1CCOC2(CCCC2)C1. The van der Waals surface area contributed by atoms with Crippen LogP contribution in [0.15, 0.2) is 0 Å². The van der Waals surface area contributed by atoms with E-state index >= 15 is 0 Å². The summed E-state index contributed by atoms with van der Waals surface area (Å²) in [5.74, 6) is 1.95. The molecule has 0 aromatic heterocycles. The molecule has 2 fully saturated rings. The fourth-order valence-corrected chi connectivity index (χ4v) is 4.23. The van der Waals surface area contributed by atoms with Gasteiger partial charge in [0.05, 0.1) is 5.60 Å². The van der Waals surface area contributed by atoms with Crippen molar-refractivity contribution in [3.8, 4) is 0 Å². The van der Waals surface area contributed by atoms with Gasteiger partial charge in [-0.25, -0.2) is 0 Å². The zero-order valence-corrected chi connectivity index (χ0v) is 13.9. The van der Waals surface area contributed by atoms with Crippen LogP contribution in [0.2, 0.25) is 0 Å². The first-order valence-corrected chi connectivity index (χ1v) is 8.93. The van der Waals surface area contributed by atoms with Gasteiger partial charge in [-0.2, -0.15) is 0 Å². The van der Waals surface area contributed by atoms with E-state index in [2.05, 4.69) is 13.8 Å². The summed E-state index contributed by atoms with van der Waals surface area (Å²) in [5.41, 5.74) is 5.76. The van der Waals surface area contributed by atoms with Crippen LogP contribution in [0.25, 0.3) is 0 Å². The highest BCUT2D eigenvalue weighted by atomic mass is 16.5. The Balaban J connectivity index is 1.82. The van der Waals surface area contributed by atoms with Crippen LogP contribution in [0.5, 0.6) is 0 Å². The van der Waals surface area contributed by atoms with Crippen LogP contribution in [0.4, 0.5) is 0 Å². The van der Waals surface area contributed by atoms with Crippen molar-refractivity contribution in [2.75, 3.05) is 13.2 Å². The van der Waals surface area contributed by atoms with Crippen LogP contribution in [-0.2, 0) is 9.53 Å². The Bertz CT molecular complexity index is 334. The van der Waals surface area contributed by atoms with Gasteiger partial charge in [-0.1, -0.05) is 26.7 Å². The third-order valence-corrected chi connectivity index (χ3v) is 5.70. The average molecular weight is 295 g/mol. The summed E-state index contributed by atoms with van der Waals surface area (Å²) in [5, 5.41) is 0. The zero-order valence-electron chi connectivity index (χ0n) is 13.9. The van der Waals surface area contributed by atoms with E-state index < -0.39 is 0 Å². The smallest absolute Gasteiger partial charge is 0.136 e. The number of Topliss-reactive ketones (excluding diaryl/α,β-unsaturated/α-hetero) is 1. The van der Waals surface area contributed by atoms with E-state index in [-0.39, 0.29) is 11.5 Å². The molecule has 1 saturated carbocycles. The summed E-state index contributed by atoms with van der Waals surface area (Å²) >= 11 is 0. The maximum atomic E-state index is 12.6. The van der Waals surface area contributed by atoms with Crippen LogP contribution < -0.4 is 5.73 Å². The molecule has 1 saturated heterocycles. The largest absolute Gasteiger partial charge is 0.375 e. The van der Waals surface area contributed by atoms with Crippen molar-refractivity contribution < 1.29 is 9.53 Å². The molecule has 1 heterocycles. The van der Waals surface area contributed by atoms with Crippen molar-refractivity contribution in [2.24, 2.45) is 23.5 Å². The van der Waals surface area contributed by atoms with Crippen molar-refractivity contribution >= 4 is 5.78 Å². The fraction of sp³-hybridized carbons (Fsp3) is 0.944. The minimum atomic E-state index is 0.0628. The summed E-state index contributed by atoms with van der Waals surface area (Å²) in [6.45, 7) is 6.00. The molecule has 2 unspecified atom stereocenters. The van der Waals surface area contributed by atoms with Crippen molar-refractivity contribution in [3.05, 3.63) is 0 Å². The van der Waals surface area contributed by atoms with Gasteiger partial charge in [-0.3, -0.25) is 4.79 Å². The molecule has 3 heteroatoms. The molecular weight excluding hydrogens is 262 g/mol. The topological polar surface area (TPSA) is 52.3 Å². The van der Waals surface area contributed by atoms with Gasteiger partial charge in [0.2, 0.25) is 0 Å². The highest BCUT2D eigenvalue weighted by Gasteiger charge is 2.41. The van der Waals surface area contributed by atoms with E-state index in [9.17, 15) is 4.79 Å². The van der Waals surface area contributed by atoms with Gasteiger partial charge in [0.25, 0.3) is 0 Å². The van der Waals surface area contributed by atoms with Crippen LogP contribution >= 0.6 is 0 Å². The molecule has 3 nitrogen and oxygen atoms in total. The molecule has 21 heavy (non-hydrogen) atoms. The quantitative estimate of drug-likeness (QED) is 0.779. The van der Waals surface area contributed by atoms with Crippen LogP contribution in [-0.4, -0.2) is 24.5 Å². The molecule has 1 aliphatic heterocycles. The highest BCUT2D eigenvalue weighted by Crippen LogP contribution is 2.42. The molecule has 0 aromatic rings. The minimum Gasteiger partial charge on any atom is -0.375 e. The Morgan fingerprint density at radius 2 is 2.00 bits per heavy atom. The van der Waals surface area contributed by atoms with E-state index in [4.69, 9.17) is 10.5 Å². The molecule has 2 aliphatic rings. The Morgan fingerprint density at radius 3 is 2.62 bits per heavy atom. The summed E-state index contributed by atoms with van der Waals surface area (Å²) < 4.78 is 6.04. The van der Waals surface area contributed by atoms with Crippen molar-refractivity contribution in [2.45, 2.75) is 77.2 Å². The maximum Gasteiger partial charge on any atom is 0.136 e. The second kappa shape index (κ2) is 7.73. The monoisotopic (exact) mass is 295 g/mol. The fourth-order valence-electron chi connectivity index (χ4n) is 4.23. The summed E-state index contributed by atoms with van der Waals surface area (Å²) in [4.78, 5) is 12.6. The van der Waals surface area contributed by atoms with E-state index in [1.54, 1.807) is 0 Å². The van der Waals surface area contributed by atoms with Crippen molar-refractivity contribution in [1.82, 2.24) is 0 Å². The Labute approximate surface area is 130 Å². The lowest BCUT2D eigenvalue weighted by molar-refractivity contribution is -0.136. The molecule has 2 atom stereocenters. The number of ketones is 1. The molecule has 0 bridgehead atoms. The normalized spacial score (nSPS) is 26.4. The molecular formula is C18H33NO2. The van der Waals surface area contributed by atoms with Gasteiger partial charge in [0, 0.05) is 18.9 Å². The summed E-state index contributed by atoms with van der Waals surface area (Å²) in [7, 11) is 0. The maximum absolute atomic E-state index is 12.6. The molecule has 0 amide bonds. The third-order valence-electron chi connectivity index (χ3n) is 5.70. The second-order valence-electron chi connectivity index (χ2n) is 7.51. The molecule has 1 aliphatic carbocycles. The number of carbonyl (C=O) groups is 1. The van der Waals surface area contributed by atoms with Gasteiger partial charge in [-0.15, -0.1) is 0 Å². The van der Waals surface area contributed by atoms with E-state index in [0.717, 1.165) is 45.3 Å². The average Bonchev–Trinajstić information content (AvgIpc) is 2.90. The molecule has 2 N–H and O–H groups in total. The van der Waals surface area contributed by atoms with Gasteiger partial charge >= 0.3 is 0 Å². The second-order valence-corrected chi connectivity index (χ2v) is 7.51. The number of carbonyl (C=O) groups excluding carboxylic acids is 1. The molecule has 0 radical (unpaired) electrons. The molecule has 1 spiro atoms. The van der Waals surface area contributed by atoms with E-state index in [1.807, 2.05) is 0 Å². The molecule has 0 aromatic carbocycles. The number of nitrogens with two attached hydrogens (primary N) is 1. The first-order chi connectivity index (χ1) is 10.1. The Kier molecular flexibility index (Phi) is 6.24. The zero-order chi connectivity index (χ0) is 15.3. The van der Waals surface area contributed by atoms with Crippen LogP contribution in [0, 0.1) is 17.8 Å².